The number of nitrogens with zero attached hydrogens (tertiary/aromatic N) is 3. The van der Waals surface area contributed by atoms with Gasteiger partial charge in [0.1, 0.15) is 11.9 Å². The van der Waals surface area contributed by atoms with Crippen molar-refractivity contribution in [3.8, 4) is 6.07 Å². The first-order valence-electron chi connectivity index (χ1n) is 7.23. The first-order valence-corrected chi connectivity index (χ1v) is 7.23. The van der Waals surface area contributed by atoms with Crippen LogP contribution in [0, 0.1) is 11.3 Å². The summed E-state index contributed by atoms with van der Waals surface area (Å²) in [6, 6.07) is 9.17. The van der Waals surface area contributed by atoms with Crippen LogP contribution in [-0.4, -0.2) is 22.1 Å². The molecule has 0 atom stereocenters. The molecule has 112 valence electrons. The summed E-state index contributed by atoms with van der Waals surface area (Å²) in [5.41, 5.74) is 0.596. The number of aromatic nitrogens is 2. The maximum Gasteiger partial charge on any atom is 0.307 e. The standard InChI is InChI=1S/C16H15N3O3/c17-9-10-22-15(20)8-7-14-18-13-4-2-1-3-12(13)16(21)19(14)11-5-6-11/h1-4,11H,5-8,10H2. The molecule has 1 aromatic carbocycles. The molecule has 0 unspecified atom stereocenters. The van der Waals surface area contributed by atoms with Crippen molar-refractivity contribution in [1.82, 2.24) is 9.55 Å². The smallest absolute Gasteiger partial charge is 0.307 e. The van der Waals surface area contributed by atoms with E-state index in [2.05, 4.69) is 4.98 Å². The molecule has 0 amide bonds. The number of nitriles is 1. The van der Waals surface area contributed by atoms with E-state index in [-0.39, 0.29) is 24.6 Å². The average molecular weight is 297 g/mol. The van der Waals surface area contributed by atoms with Crippen LogP contribution in [-0.2, 0) is 16.0 Å². The lowest BCUT2D eigenvalue weighted by molar-refractivity contribution is -0.142. The van der Waals surface area contributed by atoms with Crippen LogP contribution in [0.3, 0.4) is 0 Å². The molecule has 0 saturated heterocycles. The molecule has 6 nitrogen and oxygen atoms in total. The van der Waals surface area contributed by atoms with Gasteiger partial charge < -0.3 is 4.74 Å². The zero-order chi connectivity index (χ0) is 15.5. The average Bonchev–Trinajstić information content (AvgIpc) is 3.35. The summed E-state index contributed by atoms with van der Waals surface area (Å²) in [5.74, 6) is 0.159. The van der Waals surface area contributed by atoms with Gasteiger partial charge in [0.25, 0.3) is 5.56 Å². The van der Waals surface area contributed by atoms with Gasteiger partial charge in [0.05, 0.1) is 17.3 Å². The quantitative estimate of drug-likeness (QED) is 0.785. The molecule has 0 bridgehead atoms. The van der Waals surface area contributed by atoms with Crippen LogP contribution in [0.25, 0.3) is 10.9 Å². The summed E-state index contributed by atoms with van der Waals surface area (Å²) in [6.07, 6.45) is 2.37. The number of hydrogen-bond acceptors (Lipinski definition) is 5. The zero-order valence-electron chi connectivity index (χ0n) is 12.0. The minimum absolute atomic E-state index is 0.0477. The van der Waals surface area contributed by atoms with Crippen molar-refractivity contribution in [3.63, 3.8) is 0 Å². The highest BCUT2D eigenvalue weighted by molar-refractivity contribution is 5.77. The first kappa shape index (κ1) is 14.3. The maximum atomic E-state index is 12.6. The van der Waals surface area contributed by atoms with Crippen LogP contribution in [0.5, 0.6) is 0 Å². The number of carbonyl (C=O) groups is 1. The van der Waals surface area contributed by atoms with Gasteiger partial charge in [-0.25, -0.2) is 4.98 Å². The van der Waals surface area contributed by atoms with Crippen LogP contribution in [0.15, 0.2) is 29.1 Å². The second-order valence-electron chi connectivity index (χ2n) is 5.27. The highest BCUT2D eigenvalue weighted by Gasteiger charge is 2.28. The lowest BCUT2D eigenvalue weighted by atomic mass is 10.2. The van der Waals surface area contributed by atoms with E-state index in [1.54, 1.807) is 22.8 Å². The Morgan fingerprint density at radius 3 is 2.91 bits per heavy atom. The Morgan fingerprint density at radius 1 is 1.41 bits per heavy atom. The molecular formula is C16H15N3O3. The lowest BCUT2D eigenvalue weighted by Gasteiger charge is -2.12. The second kappa shape index (κ2) is 5.98. The van der Waals surface area contributed by atoms with Gasteiger partial charge in [-0.2, -0.15) is 5.26 Å². The topological polar surface area (TPSA) is 85.0 Å². The summed E-state index contributed by atoms with van der Waals surface area (Å²) >= 11 is 0. The Morgan fingerprint density at radius 2 is 2.18 bits per heavy atom. The Bertz CT molecular complexity index is 815. The van der Waals surface area contributed by atoms with E-state index >= 15 is 0 Å². The minimum Gasteiger partial charge on any atom is -0.450 e. The van der Waals surface area contributed by atoms with Gasteiger partial charge >= 0.3 is 5.97 Å². The highest BCUT2D eigenvalue weighted by atomic mass is 16.5. The molecule has 0 aliphatic heterocycles. The largest absolute Gasteiger partial charge is 0.450 e. The fourth-order valence-corrected chi connectivity index (χ4v) is 2.48. The van der Waals surface area contributed by atoms with Crippen molar-refractivity contribution in [2.75, 3.05) is 6.61 Å². The Labute approximate surface area is 127 Å². The lowest BCUT2D eigenvalue weighted by Crippen LogP contribution is -2.25. The van der Waals surface area contributed by atoms with Crippen LogP contribution >= 0.6 is 0 Å². The number of esters is 1. The number of carbonyl (C=O) groups excluding carboxylic acids is 1. The Kier molecular flexibility index (Phi) is 3.88. The SMILES string of the molecule is N#CCOC(=O)CCc1nc2ccccc2c(=O)n1C1CC1. The molecule has 0 N–H and O–H groups in total. The van der Waals surface area contributed by atoms with Gasteiger partial charge in [0.15, 0.2) is 6.61 Å². The van der Waals surface area contributed by atoms with Gasteiger partial charge in [-0.1, -0.05) is 12.1 Å². The van der Waals surface area contributed by atoms with Gasteiger partial charge in [-0.05, 0) is 25.0 Å². The number of aryl methyl sites for hydroxylation is 1. The van der Waals surface area contributed by atoms with E-state index < -0.39 is 5.97 Å². The second-order valence-corrected chi connectivity index (χ2v) is 5.27. The van der Waals surface area contributed by atoms with E-state index in [4.69, 9.17) is 10.00 Å². The summed E-state index contributed by atoms with van der Waals surface area (Å²) in [7, 11) is 0. The van der Waals surface area contributed by atoms with E-state index in [0.29, 0.717) is 23.1 Å². The number of benzene rings is 1. The predicted molar refractivity (Wildman–Crippen MR) is 79.2 cm³/mol. The first-order chi connectivity index (χ1) is 10.7. The zero-order valence-corrected chi connectivity index (χ0v) is 12.0. The third-order valence-electron chi connectivity index (χ3n) is 3.64. The normalized spacial score (nSPS) is 13.8. The molecule has 1 heterocycles. The molecule has 6 heteroatoms. The Hall–Kier alpha value is -2.68. The van der Waals surface area contributed by atoms with E-state index in [9.17, 15) is 9.59 Å². The summed E-state index contributed by atoms with van der Waals surface area (Å²) < 4.78 is 6.44. The molecule has 1 aliphatic rings. The molecule has 2 aromatic rings. The molecule has 3 rings (SSSR count). The van der Waals surface area contributed by atoms with Crippen LogP contribution in [0.4, 0.5) is 0 Å². The fourth-order valence-electron chi connectivity index (χ4n) is 2.48. The van der Waals surface area contributed by atoms with Crippen LogP contribution < -0.4 is 5.56 Å². The Balaban J connectivity index is 1.91. The molecule has 1 saturated carbocycles. The van der Waals surface area contributed by atoms with Crippen molar-refractivity contribution in [1.29, 1.82) is 5.26 Å². The predicted octanol–water partition coefficient (Wildman–Crippen LogP) is 1.73. The number of hydrogen-bond donors (Lipinski definition) is 0. The molecule has 1 fully saturated rings. The van der Waals surface area contributed by atoms with Gasteiger partial charge in [-0.3, -0.25) is 14.2 Å². The molecule has 0 spiro atoms. The van der Waals surface area contributed by atoms with Crippen molar-refractivity contribution < 1.29 is 9.53 Å². The molecular weight excluding hydrogens is 282 g/mol. The number of para-hydroxylation sites is 1. The third kappa shape index (κ3) is 2.84. The summed E-state index contributed by atoms with van der Waals surface area (Å²) in [4.78, 5) is 28.7. The van der Waals surface area contributed by atoms with Gasteiger partial charge in [-0.15, -0.1) is 0 Å². The molecule has 1 aliphatic carbocycles. The van der Waals surface area contributed by atoms with Gasteiger partial charge in [0.2, 0.25) is 0 Å². The highest BCUT2D eigenvalue weighted by Crippen LogP contribution is 2.34. The molecule has 1 aromatic heterocycles. The fraction of sp³-hybridized carbons (Fsp3) is 0.375. The van der Waals surface area contributed by atoms with Crippen LogP contribution in [0.1, 0.15) is 31.1 Å². The number of ether oxygens (including phenoxy) is 1. The number of rotatable bonds is 5. The van der Waals surface area contributed by atoms with E-state index in [1.807, 2.05) is 12.1 Å². The van der Waals surface area contributed by atoms with Crippen molar-refractivity contribution >= 4 is 16.9 Å². The monoisotopic (exact) mass is 297 g/mol. The van der Waals surface area contributed by atoms with Gasteiger partial charge in [0, 0.05) is 12.5 Å². The third-order valence-corrected chi connectivity index (χ3v) is 3.64. The summed E-state index contributed by atoms with van der Waals surface area (Å²) in [6.45, 7) is -0.251. The summed E-state index contributed by atoms with van der Waals surface area (Å²) in [5, 5.41) is 9.00. The maximum absolute atomic E-state index is 12.6. The molecule has 22 heavy (non-hydrogen) atoms. The van der Waals surface area contributed by atoms with Crippen molar-refractivity contribution in [2.24, 2.45) is 0 Å². The van der Waals surface area contributed by atoms with Crippen molar-refractivity contribution in [2.45, 2.75) is 31.7 Å². The van der Waals surface area contributed by atoms with E-state index in [1.165, 1.54) is 0 Å². The molecule has 0 radical (unpaired) electrons. The minimum atomic E-state index is -0.452. The van der Waals surface area contributed by atoms with Crippen LogP contribution in [0.2, 0.25) is 0 Å². The van der Waals surface area contributed by atoms with Crippen molar-refractivity contribution in [3.05, 3.63) is 40.4 Å². The number of fused-ring (bicyclic) bond motifs is 1. The van der Waals surface area contributed by atoms with E-state index in [0.717, 1.165) is 12.8 Å².